The molecule has 0 bridgehead atoms. The molecular formula is C22H23NO3. The van der Waals surface area contributed by atoms with Gasteiger partial charge < -0.3 is 9.64 Å². The van der Waals surface area contributed by atoms with Crippen molar-refractivity contribution in [1.29, 1.82) is 0 Å². The molecule has 1 atom stereocenters. The Morgan fingerprint density at radius 3 is 2.46 bits per heavy atom. The fraction of sp³-hybridized carbons (Fsp3) is 0.273. The minimum Gasteiger partial charge on any atom is -0.466 e. The molecule has 0 fully saturated rings. The van der Waals surface area contributed by atoms with Crippen LogP contribution in [0.25, 0.3) is 0 Å². The van der Waals surface area contributed by atoms with E-state index < -0.39 is 11.5 Å². The van der Waals surface area contributed by atoms with Crippen molar-refractivity contribution < 1.29 is 14.3 Å². The normalized spacial score (nSPS) is 22.3. The van der Waals surface area contributed by atoms with Crippen LogP contribution >= 0.6 is 0 Å². The van der Waals surface area contributed by atoms with Gasteiger partial charge in [0.05, 0.1) is 7.11 Å². The van der Waals surface area contributed by atoms with E-state index in [1.165, 1.54) is 13.2 Å². The number of ether oxygens (including phenoxy) is 1. The van der Waals surface area contributed by atoms with Crippen LogP contribution < -0.4 is 0 Å². The van der Waals surface area contributed by atoms with Crippen LogP contribution in [-0.4, -0.2) is 23.8 Å². The summed E-state index contributed by atoms with van der Waals surface area (Å²) >= 11 is 0. The quantitative estimate of drug-likeness (QED) is 0.614. The molecule has 134 valence electrons. The highest BCUT2D eigenvalue weighted by atomic mass is 16.5. The van der Waals surface area contributed by atoms with Crippen molar-refractivity contribution in [2.24, 2.45) is 5.41 Å². The van der Waals surface area contributed by atoms with Gasteiger partial charge in [0.15, 0.2) is 11.3 Å². The molecule has 1 aromatic carbocycles. The van der Waals surface area contributed by atoms with Gasteiger partial charge in [0.25, 0.3) is 0 Å². The fourth-order valence-corrected chi connectivity index (χ4v) is 3.61. The molecule has 2 heterocycles. The first-order chi connectivity index (χ1) is 12.3. The number of carbonyl (C=O) groups excluding carboxylic acids is 2. The second-order valence-corrected chi connectivity index (χ2v) is 7.40. The van der Waals surface area contributed by atoms with Gasteiger partial charge in [0.1, 0.15) is 0 Å². The van der Waals surface area contributed by atoms with E-state index in [-0.39, 0.29) is 11.2 Å². The lowest BCUT2D eigenvalue weighted by Gasteiger charge is -2.41. The molecule has 26 heavy (non-hydrogen) atoms. The molecule has 0 amide bonds. The molecule has 0 N–H and O–H groups in total. The van der Waals surface area contributed by atoms with Crippen LogP contribution in [0.15, 0.2) is 78.2 Å². The molecule has 0 aliphatic carbocycles. The largest absolute Gasteiger partial charge is 0.466 e. The highest BCUT2D eigenvalue weighted by Crippen LogP contribution is 2.50. The predicted octanol–water partition coefficient (Wildman–Crippen LogP) is 3.88. The number of benzene rings is 1. The summed E-state index contributed by atoms with van der Waals surface area (Å²) in [6.45, 7) is 6.19. The minimum absolute atomic E-state index is 0.0469. The third kappa shape index (κ3) is 2.71. The maximum absolute atomic E-state index is 13.6. The minimum atomic E-state index is -0.922. The Balaban J connectivity index is 2.23. The zero-order chi connectivity index (χ0) is 18.9. The summed E-state index contributed by atoms with van der Waals surface area (Å²) in [5.41, 5.74) is 1.09. The number of nitrogens with zero attached hydrogens (tertiary/aromatic N) is 1. The van der Waals surface area contributed by atoms with E-state index in [0.717, 1.165) is 11.3 Å². The van der Waals surface area contributed by atoms with Gasteiger partial charge in [-0.3, -0.25) is 4.79 Å². The van der Waals surface area contributed by atoms with Gasteiger partial charge in [-0.1, -0.05) is 57.2 Å². The molecule has 0 radical (unpaired) electrons. The molecule has 0 saturated carbocycles. The van der Waals surface area contributed by atoms with Gasteiger partial charge in [-0.2, -0.15) is 0 Å². The van der Waals surface area contributed by atoms with Crippen molar-refractivity contribution in [3.05, 3.63) is 83.7 Å². The average molecular weight is 349 g/mol. The molecule has 2 aliphatic heterocycles. The number of allylic oxidation sites excluding steroid dienone is 4. The Kier molecular flexibility index (Phi) is 4.45. The van der Waals surface area contributed by atoms with Crippen LogP contribution in [0.3, 0.4) is 0 Å². The zero-order valence-corrected chi connectivity index (χ0v) is 15.5. The van der Waals surface area contributed by atoms with Gasteiger partial charge in [-0.15, -0.1) is 0 Å². The van der Waals surface area contributed by atoms with E-state index in [9.17, 15) is 9.59 Å². The highest BCUT2D eigenvalue weighted by molar-refractivity contribution is 6.11. The highest BCUT2D eigenvalue weighted by Gasteiger charge is 2.53. The number of methoxy groups -OCH3 is 1. The van der Waals surface area contributed by atoms with E-state index in [1.54, 1.807) is 6.08 Å². The number of carbonyl (C=O) groups is 2. The molecule has 4 heteroatoms. The first-order valence-electron chi connectivity index (χ1n) is 8.59. The van der Waals surface area contributed by atoms with E-state index in [1.807, 2.05) is 59.7 Å². The molecular weight excluding hydrogens is 326 g/mol. The number of Topliss-reactive ketones (excluding diaryl/α,β-unsaturated/α-hetero) is 1. The van der Waals surface area contributed by atoms with E-state index in [0.29, 0.717) is 5.57 Å². The van der Waals surface area contributed by atoms with Crippen LogP contribution in [-0.2, 0) is 19.9 Å². The van der Waals surface area contributed by atoms with E-state index in [4.69, 9.17) is 4.74 Å². The molecule has 2 aliphatic rings. The lowest BCUT2D eigenvalue weighted by molar-refractivity contribution is -0.134. The summed E-state index contributed by atoms with van der Waals surface area (Å²) in [5, 5.41) is 0. The van der Waals surface area contributed by atoms with Gasteiger partial charge in [0, 0.05) is 29.0 Å². The van der Waals surface area contributed by atoms with E-state index in [2.05, 4.69) is 20.8 Å². The molecule has 0 spiro atoms. The lowest BCUT2D eigenvalue weighted by Crippen LogP contribution is -2.44. The number of ketones is 1. The molecule has 4 nitrogen and oxygen atoms in total. The molecule has 0 saturated heterocycles. The van der Waals surface area contributed by atoms with Crippen molar-refractivity contribution in [3.8, 4) is 0 Å². The Bertz CT molecular complexity index is 853. The van der Waals surface area contributed by atoms with Crippen LogP contribution in [0.4, 0.5) is 0 Å². The van der Waals surface area contributed by atoms with Crippen molar-refractivity contribution in [2.75, 3.05) is 7.11 Å². The third-order valence-electron chi connectivity index (χ3n) is 4.66. The van der Waals surface area contributed by atoms with Gasteiger partial charge in [-0.25, -0.2) is 4.79 Å². The molecule has 1 aromatic rings. The number of esters is 1. The summed E-state index contributed by atoms with van der Waals surface area (Å²) in [5.74, 6) is -0.530. The SMILES string of the molecule is COC(=O)/C=C/C1=C(C(C)(C)C)N2C=CC=CC2(c2ccccc2)C1=O. The first-order valence-corrected chi connectivity index (χ1v) is 8.59. The second-order valence-electron chi connectivity index (χ2n) is 7.40. The van der Waals surface area contributed by atoms with Gasteiger partial charge >= 0.3 is 5.97 Å². The monoisotopic (exact) mass is 349 g/mol. The number of hydrogen-bond acceptors (Lipinski definition) is 4. The molecule has 3 rings (SSSR count). The van der Waals surface area contributed by atoms with Crippen molar-refractivity contribution in [3.63, 3.8) is 0 Å². The summed E-state index contributed by atoms with van der Waals surface area (Å²) in [4.78, 5) is 27.3. The Morgan fingerprint density at radius 1 is 1.15 bits per heavy atom. The predicted molar refractivity (Wildman–Crippen MR) is 101 cm³/mol. The van der Waals surface area contributed by atoms with E-state index >= 15 is 0 Å². The van der Waals surface area contributed by atoms with Crippen molar-refractivity contribution >= 4 is 11.8 Å². The number of fused-ring (bicyclic) bond motifs is 1. The zero-order valence-electron chi connectivity index (χ0n) is 15.5. The fourth-order valence-electron chi connectivity index (χ4n) is 3.61. The van der Waals surface area contributed by atoms with Crippen LogP contribution in [0, 0.1) is 5.41 Å². The second kappa shape index (κ2) is 6.45. The van der Waals surface area contributed by atoms with Gasteiger partial charge in [0.2, 0.25) is 0 Å². The number of rotatable bonds is 3. The first kappa shape index (κ1) is 17.9. The Hall–Kier alpha value is -2.88. The summed E-state index contributed by atoms with van der Waals surface area (Å²) in [6.07, 6.45) is 10.6. The maximum Gasteiger partial charge on any atom is 0.330 e. The van der Waals surface area contributed by atoms with Crippen molar-refractivity contribution in [1.82, 2.24) is 4.90 Å². The standard InChI is InChI=1S/C22H23NO3/c1-21(2,3)19-17(12-13-18(24)26-4)20(25)22(14-8-9-15-23(19)22)16-10-6-5-7-11-16/h5-15H,1-4H3/b13-12+. The molecule has 0 aromatic heterocycles. The number of hydrogen-bond donors (Lipinski definition) is 0. The smallest absolute Gasteiger partial charge is 0.330 e. The third-order valence-corrected chi connectivity index (χ3v) is 4.66. The van der Waals surface area contributed by atoms with Crippen LogP contribution in [0.2, 0.25) is 0 Å². The Morgan fingerprint density at radius 2 is 1.85 bits per heavy atom. The van der Waals surface area contributed by atoms with Crippen LogP contribution in [0.5, 0.6) is 0 Å². The maximum atomic E-state index is 13.6. The van der Waals surface area contributed by atoms with Gasteiger partial charge in [-0.05, 0) is 23.8 Å². The lowest BCUT2D eigenvalue weighted by atomic mass is 9.83. The summed E-state index contributed by atoms with van der Waals surface area (Å²) in [6, 6.07) is 9.72. The Labute approximate surface area is 154 Å². The van der Waals surface area contributed by atoms with Crippen molar-refractivity contribution in [2.45, 2.75) is 26.3 Å². The van der Waals surface area contributed by atoms with Crippen LogP contribution in [0.1, 0.15) is 26.3 Å². The molecule has 1 unspecified atom stereocenters. The average Bonchev–Trinajstić information content (AvgIpc) is 2.90. The topological polar surface area (TPSA) is 46.6 Å². The summed E-state index contributed by atoms with van der Waals surface area (Å²) < 4.78 is 4.69. The summed E-state index contributed by atoms with van der Waals surface area (Å²) in [7, 11) is 1.32.